The van der Waals surface area contributed by atoms with Crippen LogP contribution in [-0.4, -0.2) is 57.8 Å². The number of nitrogens with one attached hydrogen (secondary N) is 1. The molecule has 118 valence electrons. The first-order chi connectivity index (χ1) is 10.1. The Labute approximate surface area is 126 Å². The monoisotopic (exact) mass is 295 g/mol. The van der Waals surface area contributed by atoms with Crippen LogP contribution >= 0.6 is 0 Å². The van der Waals surface area contributed by atoms with Crippen LogP contribution in [-0.2, 0) is 4.74 Å². The van der Waals surface area contributed by atoms with Crippen molar-refractivity contribution in [2.75, 3.05) is 52.7 Å². The standard InChI is InChI=1S/C15H25N3O3/c1-4-21-13-7-5-6-12(16)14(13)15(19)17-8-9-18(2)10-11-20-3/h5-7H,4,8-11,16H2,1-3H3,(H,17,19). The Kier molecular flexibility index (Phi) is 7.56. The minimum atomic E-state index is -0.211. The second kappa shape index (κ2) is 9.20. The van der Waals surface area contributed by atoms with E-state index in [1.165, 1.54) is 0 Å². The molecule has 1 aromatic carbocycles. The molecule has 6 nitrogen and oxygen atoms in total. The Bertz CT molecular complexity index is 452. The lowest BCUT2D eigenvalue weighted by Crippen LogP contribution is -2.34. The van der Waals surface area contributed by atoms with Crippen molar-refractivity contribution in [3.05, 3.63) is 23.8 Å². The molecule has 1 rings (SSSR count). The number of nitrogen functional groups attached to an aromatic ring is 1. The van der Waals surface area contributed by atoms with Gasteiger partial charge in [0.1, 0.15) is 11.3 Å². The third-order valence-electron chi connectivity index (χ3n) is 3.04. The second-order valence-electron chi connectivity index (χ2n) is 4.71. The number of methoxy groups -OCH3 is 1. The van der Waals surface area contributed by atoms with Gasteiger partial charge in [0.15, 0.2) is 0 Å². The minimum Gasteiger partial charge on any atom is -0.493 e. The highest BCUT2D eigenvalue weighted by Gasteiger charge is 2.15. The molecule has 0 saturated carbocycles. The molecule has 0 aliphatic rings. The lowest BCUT2D eigenvalue weighted by atomic mass is 10.1. The van der Waals surface area contributed by atoms with Crippen molar-refractivity contribution >= 4 is 11.6 Å². The maximum atomic E-state index is 12.2. The van der Waals surface area contributed by atoms with E-state index in [-0.39, 0.29) is 5.91 Å². The summed E-state index contributed by atoms with van der Waals surface area (Å²) < 4.78 is 10.5. The van der Waals surface area contributed by atoms with Gasteiger partial charge >= 0.3 is 0 Å². The van der Waals surface area contributed by atoms with Crippen molar-refractivity contribution in [2.24, 2.45) is 0 Å². The van der Waals surface area contributed by atoms with Crippen LogP contribution in [0.4, 0.5) is 5.69 Å². The van der Waals surface area contributed by atoms with Gasteiger partial charge in [-0.1, -0.05) is 6.07 Å². The molecule has 0 spiro atoms. The molecule has 3 N–H and O–H groups in total. The highest BCUT2D eigenvalue weighted by Crippen LogP contribution is 2.24. The van der Waals surface area contributed by atoms with Gasteiger partial charge in [-0.05, 0) is 26.1 Å². The molecule has 0 aromatic heterocycles. The van der Waals surface area contributed by atoms with Gasteiger partial charge in [0, 0.05) is 32.4 Å². The smallest absolute Gasteiger partial charge is 0.257 e. The van der Waals surface area contributed by atoms with Crippen molar-refractivity contribution in [3.8, 4) is 5.75 Å². The van der Waals surface area contributed by atoms with Gasteiger partial charge in [-0.3, -0.25) is 4.79 Å². The largest absolute Gasteiger partial charge is 0.493 e. The van der Waals surface area contributed by atoms with Crippen molar-refractivity contribution < 1.29 is 14.3 Å². The van der Waals surface area contributed by atoms with E-state index in [2.05, 4.69) is 10.2 Å². The van der Waals surface area contributed by atoms with E-state index >= 15 is 0 Å². The summed E-state index contributed by atoms with van der Waals surface area (Å²) in [6.45, 7) is 5.14. The number of hydrogen-bond donors (Lipinski definition) is 2. The minimum absolute atomic E-state index is 0.211. The van der Waals surface area contributed by atoms with Gasteiger partial charge in [-0.25, -0.2) is 0 Å². The van der Waals surface area contributed by atoms with Gasteiger partial charge in [0.05, 0.1) is 13.2 Å². The van der Waals surface area contributed by atoms with E-state index in [1.807, 2.05) is 14.0 Å². The summed E-state index contributed by atoms with van der Waals surface area (Å²) in [6.07, 6.45) is 0. The SMILES string of the molecule is CCOc1cccc(N)c1C(=O)NCCN(C)CCOC. The van der Waals surface area contributed by atoms with Crippen molar-refractivity contribution in [1.29, 1.82) is 0 Å². The van der Waals surface area contributed by atoms with E-state index in [0.717, 1.165) is 13.1 Å². The molecular weight excluding hydrogens is 270 g/mol. The molecule has 0 aliphatic heterocycles. The van der Waals surface area contributed by atoms with Crippen LogP contribution in [0.5, 0.6) is 5.75 Å². The number of benzene rings is 1. The van der Waals surface area contributed by atoms with Crippen molar-refractivity contribution in [2.45, 2.75) is 6.92 Å². The Balaban J connectivity index is 2.56. The lowest BCUT2D eigenvalue weighted by Gasteiger charge is -2.17. The third kappa shape index (κ3) is 5.61. The summed E-state index contributed by atoms with van der Waals surface area (Å²) in [5.41, 5.74) is 6.71. The summed E-state index contributed by atoms with van der Waals surface area (Å²) in [7, 11) is 3.65. The maximum Gasteiger partial charge on any atom is 0.257 e. The molecule has 0 fully saturated rings. The first-order valence-electron chi connectivity index (χ1n) is 7.07. The van der Waals surface area contributed by atoms with Crippen LogP contribution < -0.4 is 15.8 Å². The van der Waals surface area contributed by atoms with Gasteiger partial charge in [-0.15, -0.1) is 0 Å². The number of amides is 1. The topological polar surface area (TPSA) is 76.8 Å². The number of anilines is 1. The van der Waals surface area contributed by atoms with Crippen LogP contribution in [0.3, 0.4) is 0 Å². The molecule has 0 aliphatic carbocycles. The summed E-state index contributed by atoms with van der Waals surface area (Å²) in [5, 5.41) is 2.86. The Morgan fingerprint density at radius 1 is 1.38 bits per heavy atom. The number of carbonyl (C=O) groups excluding carboxylic acids is 1. The van der Waals surface area contributed by atoms with E-state index in [1.54, 1.807) is 25.3 Å². The number of nitrogens with two attached hydrogens (primary N) is 1. The zero-order valence-corrected chi connectivity index (χ0v) is 13.0. The highest BCUT2D eigenvalue weighted by atomic mass is 16.5. The van der Waals surface area contributed by atoms with Crippen molar-refractivity contribution in [1.82, 2.24) is 10.2 Å². The van der Waals surface area contributed by atoms with E-state index < -0.39 is 0 Å². The van der Waals surface area contributed by atoms with Crippen LogP contribution in [0.25, 0.3) is 0 Å². The number of ether oxygens (including phenoxy) is 2. The molecule has 0 saturated heterocycles. The predicted molar refractivity (Wildman–Crippen MR) is 83.7 cm³/mol. The van der Waals surface area contributed by atoms with Crippen LogP contribution in [0, 0.1) is 0 Å². The fourth-order valence-corrected chi connectivity index (χ4v) is 1.87. The maximum absolute atomic E-state index is 12.2. The van der Waals surface area contributed by atoms with Gasteiger partial charge < -0.3 is 25.4 Å². The molecule has 0 heterocycles. The zero-order chi connectivity index (χ0) is 15.7. The Morgan fingerprint density at radius 2 is 2.14 bits per heavy atom. The van der Waals surface area contributed by atoms with E-state index in [9.17, 15) is 4.79 Å². The molecule has 1 aromatic rings. The number of likely N-dealkylation sites (N-methyl/N-ethyl adjacent to an activating group) is 1. The molecule has 0 atom stereocenters. The molecule has 21 heavy (non-hydrogen) atoms. The molecule has 0 unspecified atom stereocenters. The van der Waals surface area contributed by atoms with Gasteiger partial charge in [-0.2, -0.15) is 0 Å². The Hall–Kier alpha value is -1.79. The van der Waals surface area contributed by atoms with E-state index in [0.29, 0.717) is 36.8 Å². The summed E-state index contributed by atoms with van der Waals surface area (Å²) in [6, 6.07) is 5.22. The summed E-state index contributed by atoms with van der Waals surface area (Å²) in [5.74, 6) is 0.305. The number of hydrogen-bond acceptors (Lipinski definition) is 5. The third-order valence-corrected chi connectivity index (χ3v) is 3.04. The van der Waals surface area contributed by atoms with E-state index in [4.69, 9.17) is 15.2 Å². The van der Waals surface area contributed by atoms with Crippen molar-refractivity contribution in [3.63, 3.8) is 0 Å². The average Bonchev–Trinajstić information content (AvgIpc) is 2.45. The predicted octanol–water partition coefficient (Wildman–Crippen LogP) is 0.976. The highest BCUT2D eigenvalue weighted by molar-refractivity contribution is 6.01. The van der Waals surface area contributed by atoms with Gasteiger partial charge in [0.25, 0.3) is 5.91 Å². The average molecular weight is 295 g/mol. The van der Waals surface area contributed by atoms with Gasteiger partial charge in [0.2, 0.25) is 0 Å². The molecule has 0 bridgehead atoms. The number of nitrogens with zero attached hydrogens (tertiary/aromatic N) is 1. The lowest BCUT2D eigenvalue weighted by molar-refractivity contribution is 0.0944. The van der Waals surface area contributed by atoms with Crippen LogP contribution in [0.2, 0.25) is 0 Å². The quantitative estimate of drug-likeness (QED) is 0.664. The normalized spacial score (nSPS) is 10.7. The first-order valence-corrected chi connectivity index (χ1v) is 7.07. The molecule has 1 amide bonds. The Morgan fingerprint density at radius 3 is 2.81 bits per heavy atom. The number of rotatable bonds is 9. The fourth-order valence-electron chi connectivity index (χ4n) is 1.87. The molecular formula is C15H25N3O3. The molecule has 0 radical (unpaired) electrons. The van der Waals surface area contributed by atoms with Crippen LogP contribution in [0.1, 0.15) is 17.3 Å². The second-order valence-corrected chi connectivity index (χ2v) is 4.71. The van der Waals surface area contributed by atoms with Crippen LogP contribution in [0.15, 0.2) is 18.2 Å². The first kappa shape index (κ1) is 17.3. The fraction of sp³-hybridized carbons (Fsp3) is 0.533. The zero-order valence-electron chi connectivity index (χ0n) is 13.0. The summed E-state index contributed by atoms with van der Waals surface area (Å²) in [4.78, 5) is 14.3. The summed E-state index contributed by atoms with van der Waals surface area (Å²) >= 11 is 0. The molecule has 6 heteroatoms. The number of carbonyl (C=O) groups is 1.